The Morgan fingerprint density at radius 1 is 1.11 bits per heavy atom. The van der Waals surface area contributed by atoms with Gasteiger partial charge in [0, 0.05) is 11.3 Å². The molecule has 0 radical (unpaired) electrons. The Morgan fingerprint density at radius 3 is 2.32 bits per heavy atom. The van der Waals surface area contributed by atoms with E-state index < -0.39 is 0 Å². The molecule has 0 unspecified atom stereocenters. The average Bonchev–Trinajstić information content (AvgIpc) is 2.40. The van der Waals surface area contributed by atoms with Crippen molar-refractivity contribution in [2.24, 2.45) is 0 Å². The SMILES string of the molecule is CCOC(=O)c1ccc(-c2ccccc2N)cc1.Cl. The second-order valence-electron chi connectivity index (χ2n) is 3.89. The van der Waals surface area contributed by atoms with Gasteiger partial charge in [0.15, 0.2) is 0 Å². The van der Waals surface area contributed by atoms with Gasteiger partial charge in [0.1, 0.15) is 0 Å². The van der Waals surface area contributed by atoms with E-state index in [0.717, 1.165) is 16.8 Å². The van der Waals surface area contributed by atoms with Crippen LogP contribution < -0.4 is 5.73 Å². The van der Waals surface area contributed by atoms with E-state index in [1.54, 1.807) is 19.1 Å². The van der Waals surface area contributed by atoms with Crippen molar-refractivity contribution in [2.45, 2.75) is 6.92 Å². The fourth-order valence-electron chi connectivity index (χ4n) is 1.76. The predicted octanol–water partition coefficient (Wildman–Crippen LogP) is 3.53. The van der Waals surface area contributed by atoms with Crippen LogP contribution in [0.3, 0.4) is 0 Å². The van der Waals surface area contributed by atoms with Crippen LogP contribution in [0.5, 0.6) is 0 Å². The van der Waals surface area contributed by atoms with Crippen LogP contribution in [0.15, 0.2) is 48.5 Å². The van der Waals surface area contributed by atoms with Gasteiger partial charge >= 0.3 is 5.97 Å². The second kappa shape index (κ2) is 6.81. The Bertz CT molecular complexity index is 552. The number of nitrogens with two attached hydrogens (primary N) is 1. The van der Waals surface area contributed by atoms with Crippen LogP contribution in [0, 0.1) is 0 Å². The topological polar surface area (TPSA) is 52.3 Å². The van der Waals surface area contributed by atoms with Gasteiger partial charge in [0.25, 0.3) is 0 Å². The van der Waals surface area contributed by atoms with Crippen LogP contribution >= 0.6 is 12.4 Å². The highest BCUT2D eigenvalue weighted by atomic mass is 35.5. The van der Waals surface area contributed by atoms with E-state index in [1.165, 1.54) is 0 Å². The molecule has 0 aromatic heterocycles. The van der Waals surface area contributed by atoms with E-state index in [9.17, 15) is 4.79 Å². The van der Waals surface area contributed by atoms with Crippen LogP contribution in [-0.2, 0) is 4.74 Å². The van der Waals surface area contributed by atoms with Crippen molar-refractivity contribution in [3.05, 3.63) is 54.1 Å². The summed E-state index contributed by atoms with van der Waals surface area (Å²) in [6.07, 6.45) is 0. The standard InChI is InChI=1S/C15H15NO2.ClH/c1-2-18-15(17)12-9-7-11(8-10-12)13-5-3-4-6-14(13)16;/h3-10H,2,16H2,1H3;1H. The third-order valence-corrected chi connectivity index (χ3v) is 2.67. The normalized spacial score (nSPS) is 9.53. The molecule has 2 aromatic carbocycles. The molecule has 0 saturated carbocycles. The average molecular weight is 278 g/mol. The summed E-state index contributed by atoms with van der Waals surface area (Å²) in [6.45, 7) is 2.17. The molecular weight excluding hydrogens is 262 g/mol. The number of nitrogen functional groups attached to an aromatic ring is 1. The van der Waals surface area contributed by atoms with Crippen LogP contribution in [0.25, 0.3) is 11.1 Å². The molecule has 0 amide bonds. The number of carbonyl (C=O) groups excluding carboxylic acids is 1. The Hall–Kier alpha value is -2.00. The van der Waals surface area contributed by atoms with E-state index in [0.29, 0.717) is 12.2 Å². The van der Waals surface area contributed by atoms with Gasteiger partial charge in [-0.2, -0.15) is 0 Å². The van der Waals surface area contributed by atoms with E-state index >= 15 is 0 Å². The van der Waals surface area contributed by atoms with Crippen LogP contribution in [0.2, 0.25) is 0 Å². The molecule has 3 nitrogen and oxygen atoms in total. The largest absolute Gasteiger partial charge is 0.462 e. The second-order valence-corrected chi connectivity index (χ2v) is 3.89. The van der Waals surface area contributed by atoms with E-state index in [1.807, 2.05) is 36.4 Å². The minimum Gasteiger partial charge on any atom is -0.462 e. The number of esters is 1. The summed E-state index contributed by atoms with van der Waals surface area (Å²) in [5.41, 5.74) is 9.13. The predicted molar refractivity (Wildman–Crippen MR) is 79.5 cm³/mol. The molecule has 0 aliphatic heterocycles. The van der Waals surface area contributed by atoms with Crippen LogP contribution in [0.1, 0.15) is 17.3 Å². The zero-order valence-electron chi connectivity index (χ0n) is 10.6. The van der Waals surface area contributed by atoms with Gasteiger partial charge in [0.05, 0.1) is 12.2 Å². The minimum atomic E-state index is -0.301. The summed E-state index contributed by atoms with van der Waals surface area (Å²) >= 11 is 0. The number of para-hydroxylation sites is 1. The summed E-state index contributed by atoms with van der Waals surface area (Å²) in [4.78, 5) is 11.5. The number of hydrogen-bond acceptors (Lipinski definition) is 3. The Morgan fingerprint density at radius 2 is 1.74 bits per heavy atom. The first-order valence-electron chi connectivity index (χ1n) is 5.84. The maximum Gasteiger partial charge on any atom is 0.338 e. The molecule has 0 spiro atoms. The van der Waals surface area contributed by atoms with Gasteiger partial charge in [0.2, 0.25) is 0 Å². The van der Waals surface area contributed by atoms with Crippen molar-refractivity contribution in [3.8, 4) is 11.1 Å². The third kappa shape index (κ3) is 3.48. The fourth-order valence-corrected chi connectivity index (χ4v) is 1.76. The fraction of sp³-hybridized carbons (Fsp3) is 0.133. The highest BCUT2D eigenvalue weighted by Crippen LogP contribution is 2.25. The smallest absolute Gasteiger partial charge is 0.338 e. The first-order chi connectivity index (χ1) is 8.72. The highest BCUT2D eigenvalue weighted by Gasteiger charge is 2.07. The maximum atomic E-state index is 11.5. The Balaban J connectivity index is 0.00000180. The van der Waals surface area contributed by atoms with Crippen molar-refractivity contribution in [1.82, 2.24) is 0 Å². The summed E-state index contributed by atoms with van der Waals surface area (Å²) in [5, 5.41) is 0. The molecule has 0 atom stereocenters. The first kappa shape index (κ1) is 15.1. The minimum absolute atomic E-state index is 0. The zero-order valence-corrected chi connectivity index (χ0v) is 11.4. The molecule has 0 heterocycles. The molecule has 4 heteroatoms. The van der Waals surface area contributed by atoms with Gasteiger partial charge in [-0.1, -0.05) is 30.3 Å². The molecule has 2 aromatic rings. The maximum absolute atomic E-state index is 11.5. The quantitative estimate of drug-likeness (QED) is 0.690. The summed E-state index contributed by atoms with van der Waals surface area (Å²) in [7, 11) is 0. The lowest BCUT2D eigenvalue weighted by Crippen LogP contribution is -2.04. The molecule has 0 aliphatic carbocycles. The highest BCUT2D eigenvalue weighted by molar-refractivity contribution is 5.90. The van der Waals surface area contributed by atoms with E-state index in [4.69, 9.17) is 10.5 Å². The lowest BCUT2D eigenvalue weighted by Gasteiger charge is -2.06. The molecule has 19 heavy (non-hydrogen) atoms. The lowest BCUT2D eigenvalue weighted by atomic mass is 10.0. The summed E-state index contributed by atoms with van der Waals surface area (Å²) in [5.74, 6) is -0.301. The molecular formula is C15H16ClNO2. The summed E-state index contributed by atoms with van der Waals surface area (Å²) < 4.78 is 4.93. The van der Waals surface area contributed by atoms with Crippen molar-refractivity contribution < 1.29 is 9.53 Å². The molecule has 2 N–H and O–H groups in total. The number of halogens is 1. The van der Waals surface area contributed by atoms with E-state index in [-0.39, 0.29) is 18.4 Å². The molecule has 0 saturated heterocycles. The first-order valence-corrected chi connectivity index (χ1v) is 5.84. The Kier molecular flexibility index (Phi) is 5.39. The van der Waals surface area contributed by atoms with Crippen molar-refractivity contribution in [1.29, 1.82) is 0 Å². The van der Waals surface area contributed by atoms with Crippen LogP contribution in [-0.4, -0.2) is 12.6 Å². The number of rotatable bonds is 3. The van der Waals surface area contributed by atoms with Crippen molar-refractivity contribution in [3.63, 3.8) is 0 Å². The van der Waals surface area contributed by atoms with Gasteiger partial charge in [-0.3, -0.25) is 0 Å². The van der Waals surface area contributed by atoms with Crippen molar-refractivity contribution >= 4 is 24.1 Å². The number of ether oxygens (including phenoxy) is 1. The molecule has 0 aliphatic rings. The van der Waals surface area contributed by atoms with E-state index in [2.05, 4.69) is 0 Å². The number of hydrogen-bond donors (Lipinski definition) is 1. The van der Waals surface area contributed by atoms with Gasteiger partial charge < -0.3 is 10.5 Å². The van der Waals surface area contributed by atoms with Gasteiger partial charge in [-0.05, 0) is 30.7 Å². The number of carbonyl (C=O) groups is 1. The molecule has 0 fully saturated rings. The monoisotopic (exact) mass is 277 g/mol. The number of benzene rings is 2. The third-order valence-electron chi connectivity index (χ3n) is 2.67. The van der Waals surface area contributed by atoms with Crippen LogP contribution in [0.4, 0.5) is 5.69 Å². The zero-order chi connectivity index (χ0) is 13.0. The van der Waals surface area contributed by atoms with Gasteiger partial charge in [-0.15, -0.1) is 12.4 Å². The molecule has 100 valence electrons. The number of anilines is 1. The molecule has 0 bridgehead atoms. The summed E-state index contributed by atoms with van der Waals surface area (Å²) in [6, 6.07) is 14.9. The van der Waals surface area contributed by atoms with Crippen molar-refractivity contribution in [2.75, 3.05) is 12.3 Å². The lowest BCUT2D eigenvalue weighted by molar-refractivity contribution is 0.0526. The van der Waals surface area contributed by atoms with Gasteiger partial charge in [-0.25, -0.2) is 4.79 Å². The Labute approximate surface area is 118 Å². The molecule has 2 rings (SSSR count).